The highest BCUT2D eigenvalue weighted by molar-refractivity contribution is 9.10. The minimum absolute atomic E-state index is 0.00781. The molecule has 0 bridgehead atoms. The van der Waals surface area contributed by atoms with Crippen molar-refractivity contribution in [2.75, 3.05) is 0 Å². The van der Waals surface area contributed by atoms with Gasteiger partial charge in [-0.1, -0.05) is 22.9 Å². The number of nitro benzene ring substituents is 2. The number of nitro groups is 2. The van der Waals surface area contributed by atoms with E-state index < -0.39 is 9.85 Å². The summed E-state index contributed by atoms with van der Waals surface area (Å²) >= 11 is 6.69. The van der Waals surface area contributed by atoms with Gasteiger partial charge in [0.2, 0.25) is 5.75 Å². The number of aromatic nitrogens is 2. The topological polar surface area (TPSA) is 143 Å². The van der Waals surface area contributed by atoms with E-state index in [0.717, 1.165) is 10.9 Å². The number of benzene rings is 3. The molecule has 0 saturated heterocycles. The van der Waals surface area contributed by atoms with E-state index in [4.69, 9.17) is 4.74 Å². The van der Waals surface area contributed by atoms with Crippen LogP contribution in [0.15, 0.2) is 73.4 Å². The number of aryl methyl sites for hydroxylation is 1. The first-order valence-corrected chi connectivity index (χ1v) is 12.9. The maximum atomic E-state index is 13.2. The van der Waals surface area contributed by atoms with Gasteiger partial charge < -0.3 is 4.74 Å². The van der Waals surface area contributed by atoms with E-state index >= 15 is 0 Å². The quantitative estimate of drug-likeness (QED) is 0.121. The summed E-state index contributed by atoms with van der Waals surface area (Å²) in [7, 11) is 0. The van der Waals surface area contributed by atoms with Crippen LogP contribution in [0.4, 0.5) is 11.4 Å². The summed E-state index contributed by atoms with van der Waals surface area (Å²) in [5.41, 5.74) is 0.772. The Bertz CT molecular complexity index is 1640. The molecule has 38 heavy (non-hydrogen) atoms. The van der Waals surface area contributed by atoms with E-state index in [-0.39, 0.29) is 29.3 Å². The van der Waals surface area contributed by atoms with E-state index in [9.17, 15) is 25.0 Å². The Hall–Kier alpha value is -3.97. The Balaban J connectivity index is 1.67. The van der Waals surface area contributed by atoms with Gasteiger partial charge in [0.05, 0.1) is 31.4 Å². The van der Waals surface area contributed by atoms with Crippen molar-refractivity contribution in [3.05, 3.63) is 111 Å². The SMILES string of the molecule is CCCc1nc2ccc(Br)cc2c(=O)n1N=Cc1cc(Br)c(OCc2ccc([N+](=O)[O-])cc2)c([N+](=O)[O-])c1. The van der Waals surface area contributed by atoms with Crippen LogP contribution in [0.25, 0.3) is 10.9 Å². The van der Waals surface area contributed by atoms with E-state index in [0.29, 0.717) is 38.7 Å². The summed E-state index contributed by atoms with van der Waals surface area (Å²) in [5.74, 6) is 0.465. The van der Waals surface area contributed by atoms with Crippen LogP contribution in [0.2, 0.25) is 0 Å². The molecule has 0 aliphatic carbocycles. The number of nitrogens with zero attached hydrogens (tertiary/aromatic N) is 5. The average Bonchev–Trinajstić information content (AvgIpc) is 2.88. The van der Waals surface area contributed by atoms with Crippen LogP contribution in [-0.2, 0) is 13.0 Å². The second kappa shape index (κ2) is 11.6. The van der Waals surface area contributed by atoms with Crippen molar-refractivity contribution in [2.45, 2.75) is 26.4 Å². The summed E-state index contributed by atoms with van der Waals surface area (Å²) in [4.78, 5) is 39.3. The van der Waals surface area contributed by atoms with Crippen LogP contribution in [0.5, 0.6) is 5.75 Å². The third-order valence-electron chi connectivity index (χ3n) is 5.44. The molecule has 4 rings (SSSR count). The van der Waals surface area contributed by atoms with Gasteiger partial charge in [-0.05, 0) is 64.3 Å². The number of hydrogen-bond donors (Lipinski definition) is 0. The zero-order valence-electron chi connectivity index (χ0n) is 19.8. The molecule has 0 amide bonds. The molecular weight excluding hydrogens is 626 g/mol. The fourth-order valence-electron chi connectivity index (χ4n) is 3.65. The smallest absolute Gasteiger partial charge is 0.312 e. The average molecular weight is 645 g/mol. The van der Waals surface area contributed by atoms with Gasteiger partial charge in [-0.3, -0.25) is 25.0 Å². The highest BCUT2D eigenvalue weighted by Gasteiger charge is 2.21. The van der Waals surface area contributed by atoms with Gasteiger partial charge in [0.25, 0.3) is 11.2 Å². The maximum Gasteiger partial charge on any atom is 0.312 e. The maximum absolute atomic E-state index is 13.2. The molecule has 4 aromatic rings. The lowest BCUT2D eigenvalue weighted by atomic mass is 10.2. The van der Waals surface area contributed by atoms with Crippen molar-refractivity contribution in [2.24, 2.45) is 5.10 Å². The number of halogens is 2. The molecule has 0 fully saturated rings. The van der Waals surface area contributed by atoms with Crippen molar-refractivity contribution in [1.29, 1.82) is 0 Å². The summed E-state index contributed by atoms with van der Waals surface area (Å²) in [5, 5.41) is 27.4. The van der Waals surface area contributed by atoms with Crippen LogP contribution in [0.1, 0.15) is 30.3 Å². The molecule has 0 N–H and O–H groups in total. The lowest BCUT2D eigenvalue weighted by molar-refractivity contribution is -0.386. The summed E-state index contributed by atoms with van der Waals surface area (Å²) in [6.07, 6.45) is 2.60. The summed E-state index contributed by atoms with van der Waals surface area (Å²) < 4.78 is 7.93. The van der Waals surface area contributed by atoms with Gasteiger partial charge in [-0.2, -0.15) is 9.78 Å². The Kier molecular flexibility index (Phi) is 8.27. The van der Waals surface area contributed by atoms with Crippen molar-refractivity contribution in [3.63, 3.8) is 0 Å². The second-order valence-electron chi connectivity index (χ2n) is 8.12. The Morgan fingerprint density at radius 2 is 1.79 bits per heavy atom. The monoisotopic (exact) mass is 643 g/mol. The minimum atomic E-state index is -0.586. The van der Waals surface area contributed by atoms with Crippen LogP contribution in [0.3, 0.4) is 0 Å². The minimum Gasteiger partial charge on any atom is -0.481 e. The number of hydrogen-bond acceptors (Lipinski definition) is 8. The van der Waals surface area contributed by atoms with Gasteiger partial charge in [0.15, 0.2) is 0 Å². The molecule has 0 aliphatic rings. The number of fused-ring (bicyclic) bond motifs is 1. The highest BCUT2D eigenvalue weighted by atomic mass is 79.9. The zero-order chi connectivity index (χ0) is 27.4. The van der Waals surface area contributed by atoms with Gasteiger partial charge in [-0.25, -0.2) is 4.98 Å². The molecule has 0 atom stereocenters. The van der Waals surface area contributed by atoms with Gasteiger partial charge >= 0.3 is 5.69 Å². The molecule has 0 unspecified atom stereocenters. The Morgan fingerprint density at radius 3 is 2.45 bits per heavy atom. The number of ether oxygens (including phenoxy) is 1. The first-order chi connectivity index (χ1) is 18.2. The van der Waals surface area contributed by atoms with Crippen molar-refractivity contribution >= 4 is 60.4 Å². The Morgan fingerprint density at radius 1 is 1.05 bits per heavy atom. The molecule has 0 radical (unpaired) electrons. The van der Waals surface area contributed by atoms with Gasteiger partial charge in [0.1, 0.15) is 12.4 Å². The summed E-state index contributed by atoms with van der Waals surface area (Å²) in [6, 6.07) is 13.8. The molecule has 13 heteroatoms. The van der Waals surface area contributed by atoms with Gasteiger partial charge in [-0.15, -0.1) is 0 Å². The molecule has 1 heterocycles. The van der Waals surface area contributed by atoms with E-state index in [1.165, 1.54) is 41.2 Å². The predicted octanol–water partition coefficient (Wildman–Crippen LogP) is 6.15. The van der Waals surface area contributed by atoms with E-state index in [1.807, 2.05) is 6.92 Å². The van der Waals surface area contributed by atoms with Crippen LogP contribution in [0, 0.1) is 20.2 Å². The molecule has 3 aromatic carbocycles. The fourth-order valence-corrected chi connectivity index (χ4v) is 4.59. The van der Waals surface area contributed by atoms with Gasteiger partial charge in [0, 0.05) is 34.7 Å². The number of rotatable bonds is 9. The van der Waals surface area contributed by atoms with Crippen molar-refractivity contribution < 1.29 is 14.6 Å². The number of non-ortho nitro benzene ring substituents is 1. The predicted molar refractivity (Wildman–Crippen MR) is 149 cm³/mol. The summed E-state index contributed by atoms with van der Waals surface area (Å²) in [6.45, 7) is 1.92. The van der Waals surface area contributed by atoms with Crippen molar-refractivity contribution in [1.82, 2.24) is 9.66 Å². The zero-order valence-corrected chi connectivity index (χ0v) is 23.0. The standard InChI is InChI=1S/C25H19Br2N5O6/c1-2-3-23-29-21-9-6-17(26)12-19(21)25(33)30(23)28-13-16-10-20(27)24(22(11-16)32(36)37)38-14-15-4-7-18(8-5-15)31(34)35/h4-13H,2-3,14H2,1H3. The lowest BCUT2D eigenvalue weighted by Gasteiger charge is -2.10. The molecule has 0 spiro atoms. The molecular formula is C25H19Br2N5O6. The third kappa shape index (κ3) is 5.94. The first kappa shape index (κ1) is 27.1. The van der Waals surface area contributed by atoms with Crippen LogP contribution < -0.4 is 10.3 Å². The van der Waals surface area contributed by atoms with Crippen LogP contribution in [-0.4, -0.2) is 25.7 Å². The molecule has 194 valence electrons. The highest BCUT2D eigenvalue weighted by Crippen LogP contribution is 2.36. The molecule has 11 nitrogen and oxygen atoms in total. The first-order valence-electron chi connectivity index (χ1n) is 11.3. The third-order valence-corrected chi connectivity index (χ3v) is 6.53. The molecule has 1 aromatic heterocycles. The van der Waals surface area contributed by atoms with Crippen LogP contribution >= 0.6 is 31.9 Å². The van der Waals surface area contributed by atoms with E-state index in [2.05, 4.69) is 41.9 Å². The normalized spacial score (nSPS) is 11.2. The Labute approximate surface area is 232 Å². The lowest BCUT2D eigenvalue weighted by Crippen LogP contribution is -2.22. The van der Waals surface area contributed by atoms with E-state index in [1.54, 1.807) is 24.3 Å². The molecule has 0 saturated carbocycles. The largest absolute Gasteiger partial charge is 0.481 e. The molecule has 0 aliphatic heterocycles. The second-order valence-corrected chi connectivity index (χ2v) is 9.89. The fraction of sp³-hybridized carbons (Fsp3) is 0.160. The van der Waals surface area contributed by atoms with Crippen molar-refractivity contribution in [3.8, 4) is 5.75 Å².